The molecule has 0 saturated carbocycles. The van der Waals surface area contributed by atoms with Crippen molar-refractivity contribution in [2.75, 3.05) is 11.9 Å². The van der Waals surface area contributed by atoms with Gasteiger partial charge in [0, 0.05) is 30.2 Å². The van der Waals surface area contributed by atoms with Crippen LogP contribution in [0, 0.1) is 5.82 Å². The number of aromatic nitrogens is 2. The minimum absolute atomic E-state index is 0.00822. The van der Waals surface area contributed by atoms with Crippen molar-refractivity contribution in [3.63, 3.8) is 0 Å². The van der Waals surface area contributed by atoms with Crippen LogP contribution in [-0.4, -0.2) is 30.8 Å². The van der Waals surface area contributed by atoms with E-state index in [0.29, 0.717) is 10.7 Å². The molecule has 3 aromatic rings. The Balaban J connectivity index is 1.79. The van der Waals surface area contributed by atoms with E-state index in [2.05, 4.69) is 26.6 Å². The highest BCUT2D eigenvalue weighted by Gasteiger charge is 2.20. The van der Waals surface area contributed by atoms with Crippen LogP contribution < -0.4 is 10.0 Å². The summed E-state index contributed by atoms with van der Waals surface area (Å²) in [6, 6.07) is 11.9. The van der Waals surface area contributed by atoms with E-state index in [1.807, 2.05) is 12.1 Å². The van der Waals surface area contributed by atoms with Crippen LogP contribution in [0.25, 0.3) is 0 Å². The SMILES string of the molecule is C=CCNS(=O)(=O)c1cc(C(=O)Nc2ccnc(Sc3ccccn3)c2)ccc1F. The number of halogens is 1. The van der Waals surface area contributed by atoms with Crippen molar-refractivity contribution in [2.24, 2.45) is 0 Å². The van der Waals surface area contributed by atoms with E-state index < -0.39 is 26.6 Å². The molecule has 0 bridgehead atoms. The van der Waals surface area contributed by atoms with Gasteiger partial charge in [0.2, 0.25) is 10.0 Å². The molecule has 10 heteroatoms. The van der Waals surface area contributed by atoms with Crippen LogP contribution in [-0.2, 0) is 10.0 Å². The monoisotopic (exact) mass is 444 g/mol. The Morgan fingerprint density at radius 1 is 1.10 bits per heavy atom. The molecule has 2 N–H and O–H groups in total. The normalized spacial score (nSPS) is 11.1. The Kier molecular flexibility index (Phi) is 6.93. The molecular weight excluding hydrogens is 427 g/mol. The summed E-state index contributed by atoms with van der Waals surface area (Å²) < 4.78 is 40.7. The molecule has 0 fully saturated rings. The number of pyridine rings is 2. The van der Waals surface area contributed by atoms with Gasteiger partial charge in [-0.1, -0.05) is 23.9 Å². The zero-order valence-corrected chi connectivity index (χ0v) is 17.2. The molecule has 0 atom stereocenters. The number of sulfonamides is 1. The van der Waals surface area contributed by atoms with E-state index in [1.165, 1.54) is 30.1 Å². The number of rotatable bonds is 8. The Hall–Kier alpha value is -3.08. The van der Waals surface area contributed by atoms with Crippen LogP contribution in [0.3, 0.4) is 0 Å². The molecule has 0 radical (unpaired) electrons. The molecule has 1 aromatic carbocycles. The molecule has 1 amide bonds. The smallest absolute Gasteiger partial charge is 0.255 e. The highest BCUT2D eigenvalue weighted by atomic mass is 32.2. The number of carbonyl (C=O) groups excluding carboxylic acids is 1. The Labute approximate surface area is 177 Å². The highest BCUT2D eigenvalue weighted by Crippen LogP contribution is 2.26. The summed E-state index contributed by atoms with van der Waals surface area (Å²) in [5, 5.41) is 4.02. The lowest BCUT2D eigenvalue weighted by Crippen LogP contribution is -2.25. The summed E-state index contributed by atoms with van der Waals surface area (Å²) in [5.74, 6) is -1.55. The van der Waals surface area contributed by atoms with Crippen molar-refractivity contribution in [3.05, 3.63) is 85.0 Å². The van der Waals surface area contributed by atoms with Gasteiger partial charge >= 0.3 is 0 Å². The van der Waals surface area contributed by atoms with Crippen LogP contribution in [0.15, 0.2) is 88.5 Å². The first-order chi connectivity index (χ1) is 14.4. The molecule has 0 aliphatic rings. The molecule has 0 aliphatic heterocycles. The first kappa shape index (κ1) is 21.6. The van der Waals surface area contributed by atoms with Crippen molar-refractivity contribution in [2.45, 2.75) is 14.9 Å². The van der Waals surface area contributed by atoms with Crippen molar-refractivity contribution in [1.29, 1.82) is 0 Å². The Morgan fingerprint density at radius 2 is 1.90 bits per heavy atom. The molecule has 0 unspecified atom stereocenters. The summed E-state index contributed by atoms with van der Waals surface area (Å²) in [5.41, 5.74) is 0.443. The standard InChI is InChI=1S/C20H17FN4O3S2/c1-2-9-24-30(27,28)17-12-14(6-7-16(17)21)20(26)25-15-8-11-23-19(13-15)29-18-5-3-4-10-22-18/h2-8,10-13,24H,1,9H2,(H,23,25,26). The van der Waals surface area contributed by atoms with Gasteiger partial charge in [-0.2, -0.15) is 0 Å². The van der Waals surface area contributed by atoms with Gasteiger partial charge in [-0.25, -0.2) is 27.5 Å². The second-order valence-electron chi connectivity index (χ2n) is 5.89. The molecule has 7 nitrogen and oxygen atoms in total. The van der Waals surface area contributed by atoms with Gasteiger partial charge < -0.3 is 5.32 Å². The molecule has 0 aliphatic carbocycles. The van der Waals surface area contributed by atoms with Crippen molar-refractivity contribution < 1.29 is 17.6 Å². The average Bonchev–Trinajstić information content (AvgIpc) is 2.73. The quantitative estimate of drug-likeness (QED) is 0.516. The third-order valence-electron chi connectivity index (χ3n) is 3.74. The topological polar surface area (TPSA) is 101 Å². The van der Waals surface area contributed by atoms with Gasteiger partial charge in [0.15, 0.2) is 0 Å². The number of amides is 1. The Bertz CT molecular complexity index is 1170. The lowest BCUT2D eigenvalue weighted by atomic mass is 10.2. The minimum atomic E-state index is -4.12. The summed E-state index contributed by atoms with van der Waals surface area (Å²) in [6.07, 6.45) is 4.52. The summed E-state index contributed by atoms with van der Waals surface area (Å²) >= 11 is 1.32. The fourth-order valence-corrected chi connectivity index (χ4v) is 4.23. The van der Waals surface area contributed by atoms with Crippen LogP contribution in [0.4, 0.5) is 10.1 Å². The van der Waals surface area contributed by atoms with Crippen molar-refractivity contribution in [1.82, 2.24) is 14.7 Å². The maximum atomic E-state index is 14.0. The number of nitrogens with one attached hydrogen (secondary N) is 2. The maximum absolute atomic E-state index is 14.0. The van der Waals surface area contributed by atoms with Crippen molar-refractivity contribution >= 4 is 33.4 Å². The molecule has 2 aromatic heterocycles. The van der Waals surface area contributed by atoms with Gasteiger partial charge in [0.1, 0.15) is 20.8 Å². The predicted octanol–water partition coefficient (Wildman–Crippen LogP) is 3.48. The van der Waals surface area contributed by atoms with E-state index in [4.69, 9.17) is 0 Å². The van der Waals surface area contributed by atoms with Gasteiger partial charge in [-0.05, 0) is 42.5 Å². The number of carbonyl (C=O) groups is 1. The average molecular weight is 445 g/mol. The minimum Gasteiger partial charge on any atom is -0.322 e. The Morgan fingerprint density at radius 3 is 2.63 bits per heavy atom. The van der Waals surface area contributed by atoms with Crippen LogP contribution >= 0.6 is 11.8 Å². The fraction of sp³-hybridized carbons (Fsp3) is 0.0500. The zero-order valence-electron chi connectivity index (χ0n) is 15.6. The molecule has 3 rings (SSSR count). The van der Waals surface area contributed by atoms with Gasteiger partial charge in [-0.15, -0.1) is 6.58 Å². The number of benzene rings is 1. The van der Waals surface area contributed by atoms with Gasteiger partial charge in [-0.3, -0.25) is 4.79 Å². The molecule has 0 spiro atoms. The lowest BCUT2D eigenvalue weighted by Gasteiger charge is -2.10. The summed E-state index contributed by atoms with van der Waals surface area (Å²) in [6.45, 7) is 3.35. The van der Waals surface area contributed by atoms with E-state index in [1.54, 1.807) is 24.4 Å². The van der Waals surface area contributed by atoms with E-state index >= 15 is 0 Å². The zero-order chi connectivity index (χ0) is 21.6. The second-order valence-corrected chi connectivity index (χ2v) is 8.67. The van der Waals surface area contributed by atoms with Gasteiger partial charge in [0.05, 0.1) is 0 Å². The molecule has 30 heavy (non-hydrogen) atoms. The van der Waals surface area contributed by atoms with Crippen LogP contribution in [0.5, 0.6) is 0 Å². The first-order valence-corrected chi connectivity index (χ1v) is 11.0. The summed E-state index contributed by atoms with van der Waals surface area (Å²) in [7, 11) is -4.12. The van der Waals surface area contributed by atoms with E-state index in [-0.39, 0.29) is 12.1 Å². The highest BCUT2D eigenvalue weighted by molar-refractivity contribution is 7.99. The number of anilines is 1. The van der Waals surface area contributed by atoms with Crippen LogP contribution in [0.1, 0.15) is 10.4 Å². The van der Waals surface area contributed by atoms with E-state index in [0.717, 1.165) is 17.2 Å². The maximum Gasteiger partial charge on any atom is 0.255 e. The predicted molar refractivity (Wildman–Crippen MR) is 112 cm³/mol. The molecule has 0 saturated heterocycles. The third kappa shape index (κ3) is 5.50. The fourth-order valence-electron chi connectivity index (χ4n) is 2.36. The van der Waals surface area contributed by atoms with Crippen molar-refractivity contribution in [3.8, 4) is 0 Å². The number of hydrogen-bond acceptors (Lipinski definition) is 6. The number of hydrogen-bond donors (Lipinski definition) is 2. The van der Waals surface area contributed by atoms with Gasteiger partial charge in [0.25, 0.3) is 5.91 Å². The molecular formula is C20H17FN4O3S2. The van der Waals surface area contributed by atoms with E-state index in [9.17, 15) is 17.6 Å². The molecule has 154 valence electrons. The first-order valence-electron chi connectivity index (χ1n) is 8.65. The lowest BCUT2D eigenvalue weighted by molar-refractivity contribution is 0.102. The largest absolute Gasteiger partial charge is 0.322 e. The molecule has 2 heterocycles. The summed E-state index contributed by atoms with van der Waals surface area (Å²) in [4.78, 5) is 20.4. The second kappa shape index (κ2) is 9.61. The number of nitrogens with zero attached hydrogens (tertiary/aromatic N) is 2. The van der Waals surface area contributed by atoms with Crippen LogP contribution in [0.2, 0.25) is 0 Å². The third-order valence-corrected chi connectivity index (χ3v) is 6.06.